The first kappa shape index (κ1) is 19.6. The number of nitrogens with one attached hydrogen (secondary N) is 2. The largest absolute Gasteiger partial charge is 0.496 e. The molecule has 7 heteroatoms. The molecule has 1 amide bonds. The molecule has 0 unspecified atom stereocenters. The van der Waals surface area contributed by atoms with E-state index in [-0.39, 0.29) is 0 Å². The molecule has 0 aromatic heterocycles. The van der Waals surface area contributed by atoms with Gasteiger partial charge in [-0.2, -0.15) is 0 Å². The van der Waals surface area contributed by atoms with Gasteiger partial charge in [0.15, 0.2) is 0 Å². The lowest BCUT2D eigenvalue weighted by Gasteiger charge is -2.28. The summed E-state index contributed by atoms with van der Waals surface area (Å²) in [5.41, 5.74) is 1.09. The Bertz CT molecular complexity index is 952. The molecule has 0 radical (unpaired) electrons. The molecule has 140 valence electrons. The summed E-state index contributed by atoms with van der Waals surface area (Å²) in [5.74, 6) is 0.0136. The molecular weight excluding hydrogens is 407 g/mol. The molecule has 0 aliphatic heterocycles. The molecule has 4 nitrogen and oxygen atoms in total. The van der Waals surface area contributed by atoms with Crippen LogP contribution in [0.3, 0.4) is 0 Å². The predicted octanol–water partition coefficient (Wildman–Crippen LogP) is 5.39. The summed E-state index contributed by atoms with van der Waals surface area (Å²) >= 11 is 18.4. The highest BCUT2D eigenvalue weighted by Crippen LogP contribution is 2.33. The average Bonchev–Trinajstić information content (AvgIpc) is 2.66. The van der Waals surface area contributed by atoms with Crippen LogP contribution in [0.25, 0.3) is 10.8 Å². The maximum absolute atomic E-state index is 12.7. The number of carbonyl (C=O) groups is 1. The van der Waals surface area contributed by atoms with Gasteiger partial charge in [-0.05, 0) is 23.6 Å². The molecule has 0 fully saturated rings. The Labute approximate surface area is 172 Å². The summed E-state index contributed by atoms with van der Waals surface area (Å²) in [6, 6.07) is 20.4. The quantitative estimate of drug-likeness (QED) is 0.427. The number of rotatable bonds is 5. The van der Waals surface area contributed by atoms with Crippen molar-refractivity contribution in [1.82, 2.24) is 5.32 Å². The third-order valence-electron chi connectivity index (χ3n) is 4.04. The van der Waals surface area contributed by atoms with Crippen molar-refractivity contribution >= 4 is 57.2 Å². The summed E-state index contributed by atoms with van der Waals surface area (Å²) in [5, 5.41) is 7.85. The molecule has 0 aliphatic carbocycles. The molecule has 0 saturated heterocycles. The van der Waals surface area contributed by atoms with Crippen LogP contribution in [0, 0.1) is 0 Å². The number of carbonyl (C=O) groups excluding carboxylic acids is 1. The lowest BCUT2D eigenvalue weighted by atomic mass is 10.1. The van der Waals surface area contributed by atoms with Crippen LogP contribution in [0.5, 0.6) is 5.75 Å². The van der Waals surface area contributed by atoms with Crippen molar-refractivity contribution in [3.63, 3.8) is 0 Å². The van der Waals surface area contributed by atoms with Crippen LogP contribution in [0.1, 0.15) is 10.4 Å². The Hall–Kier alpha value is -2.14. The minimum Gasteiger partial charge on any atom is -0.496 e. The summed E-state index contributed by atoms with van der Waals surface area (Å²) < 4.78 is 3.45. The van der Waals surface area contributed by atoms with Crippen LogP contribution < -0.4 is 15.4 Å². The zero-order valence-electron chi connectivity index (χ0n) is 14.4. The van der Waals surface area contributed by atoms with E-state index in [0.717, 1.165) is 16.5 Å². The Morgan fingerprint density at radius 1 is 0.963 bits per heavy atom. The van der Waals surface area contributed by atoms with Crippen molar-refractivity contribution in [2.24, 2.45) is 0 Å². The van der Waals surface area contributed by atoms with Crippen LogP contribution in [-0.2, 0) is 0 Å². The van der Waals surface area contributed by atoms with E-state index in [1.54, 1.807) is 24.3 Å². The lowest BCUT2D eigenvalue weighted by molar-refractivity contribution is 0.0939. The number of fused-ring (bicyclic) bond motifs is 1. The van der Waals surface area contributed by atoms with E-state index in [2.05, 4.69) is 10.6 Å². The van der Waals surface area contributed by atoms with E-state index < -0.39 is 15.9 Å². The zero-order valence-corrected chi connectivity index (χ0v) is 16.6. The molecule has 0 saturated carbocycles. The normalized spacial score (nSPS) is 12.4. The number of alkyl halides is 3. The monoisotopic (exact) mass is 422 g/mol. The third-order valence-corrected chi connectivity index (χ3v) is 4.70. The number of anilines is 1. The van der Waals surface area contributed by atoms with Gasteiger partial charge in [0.1, 0.15) is 11.9 Å². The van der Waals surface area contributed by atoms with Gasteiger partial charge in [0, 0.05) is 11.1 Å². The summed E-state index contributed by atoms with van der Waals surface area (Å²) in [6.45, 7) is 0. The topological polar surface area (TPSA) is 50.4 Å². The Morgan fingerprint density at radius 2 is 1.63 bits per heavy atom. The van der Waals surface area contributed by atoms with E-state index in [1.165, 1.54) is 7.11 Å². The van der Waals surface area contributed by atoms with Crippen LogP contribution in [-0.4, -0.2) is 23.0 Å². The Morgan fingerprint density at radius 3 is 2.37 bits per heavy atom. The third kappa shape index (κ3) is 4.59. The number of methoxy groups -OCH3 is 1. The standard InChI is InChI=1S/C20H17Cl3N2O2/c1-27-17-12-5-4-10-15(17)18(26)25-19(20(21,22)23)24-16-11-6-8-13-7-2-3-9-14(13)16/h2-12,19,24H,1H3,(H,25,26)/t19-/m0/s1. The number of benzene rings is 3. The number of halogens is 3. The minimum atomic E-state index is -1.78. The van der Waals surface area contributed by atoms with Gasteiger partial charge in [-0.1, -0.05) is 83.3 Å². The summed E-state index contributed by atoms with van der Waals surface area (Å²) in [4.78, 5) is 12.7. The first-order valence-electron chi connectivity index (χ1n) is 8.15. The molecule has 3 aromatic carbocycles. The molecular formula is C20H17Cl3N2O2. The molecule has 3 rings (SSSR count). The van der Waals surface area contributed by atoms with Crippen molar-refractivity contribution < 1.29 is 9.53 Å². The van der Waals surface area contributed by atoms with E-state index in [4.69, 9.17) is 39.5 Å². The van der Waals surface area contributed by atoms with Gasteiger partial charge < -0.3 is 15.4 Å². The number of hydrogen-bond acceptors (Lipinski definition) is 3. The van der Waals surface area contributed by atoms with Gasteiger partial charge in [-0.3, -0.25) is 4.79 Å². The fourth-order valence-corrected chi connectivity index (χ4v) is 3.07. The number of amides is 1. The zero-order chi connectivity index (χ0) is 19.4. The fourth-order valence-electron chi connectivity index (χ4n) is 2.75. The Balaban J connectivity index is 1.90. The maximum atomic E-state index is 12.7. The highest BCUT2D eigenvalue weighted by Gasteiger charge is 2.35. The fraction of sp³-hybridized carbons (Fsp3) is 0.150. The molecule has 3 aromatic rings. The second kappa shape index (κ2) is 8.26. The van der Waals surface area contributed by atoms with Crippen LogP contribution in [0.4, 0.5) is 5.69 Å². The van der Waals surface area contributed by atoms with E-state index in [1.807, 2.05) is 42.5 Å². The van der Waals surface area contributed by atoms with Crippen LogP contribution in [0.15, 0.2) is 66.7 Å². The van der Waals surface area contributed by atoms with Crippen molar-refractivity contribution in [1.29, 1.82) is 0 Å². The number of hydrogen-bond donors (Lipinski definition) is 2. The smallest absolute Gasteiger partial charge is 0.256 e. The van der Waals surface area contributed by atoms with Gasteiger partial charge in [-0.15, -0.1) is 0 Å². The predicted molar refractivity (Wildman–Crippen MR) is 112 cm³/mol. The van der Waals surface area contributed by atoms with Crippen LogP contribution >= 0.6 is 34.8 Å². The molecule has 0 bridgehead atoms. The highest BCUT2D eigenvalue weighted by atomic mass is 35.6. The van der Waals surface area contributed by atoms with Gasteiger partial charge in [0.05, 0.1) is 12.7 Å². The maximum Gasteiger partial charge on any atom is 0.256 e. The van der Waals surface area contributed by atoms with Crippen molar-refractivity contribution in [3.8, 4) is 5.75 Å². The molecule has 2 N–H and O–H groups in total. The van der Waals surface area contributed by atoms with Crippen molar-refractivity contribution in [2.45, 2.75) is 9.96 Å². The minimum absolute atomic E-state index is 0.346. The molecule has 27 heavy (non-hydrogen) atoms. The summed E-state index contributed by atoms with van der Waals surface area (Å²) in [7, 11) is 1.49. The summed E-state index contributed by atoms with van der Waals surface area (Å²) in [6.07, 6.45) is -0.967. The number of para-hydroxylation sites is 1. The lowest BCUT2D eigenvalue weighted by Crippen LogP contribution is -2.49. The van der Waals surface area contributed by atoms with E-state index in [9.17, 15) is 4.79 Å². The molecule has 0 spiro atoms. The van der Waals surface area contributed by atoms with Gasteiger partial charge >= 0.3 is 0 Å². The van der Waals surface area contributed by atoms with Crippen molar-refractivity contribution in [2.75, 3.05) is 12.4 Å². The first-order valence-corrected chi connectivity index (χ1v) is 9.28. The van der Waals surface area contributed by atoms with Gasteiger partial charge in [0.2, 0.25) is 3.79 Å². The second-order valence-corrected chi connectivity index (χ2v) is 8.19. The molecule has 0 heterocycles. The van der Waals surface area contributed by atoms with Crippen LogP contribution in [0.2, 0.25) is 0 Å². The molecule has 1 atom stereocenters. The Kier molecular flexibility index (Phi) is 6.00. The molecule has 0 aliphatic rings. The number of ether oxygens (including phenoxy) is 1. The van der Waals surface area contributed by atoms with Gasteiger partial charge in [0.25, 0.3) is 5.91 Å². The first-order chi connectivity index (χ1) is 12.9. The SMILES string of the molecule is COc1ccccc1C(=O)N[C@H](Nc1cccc2ccccc12)C(Cl)(Cl)Cl. The van der Waals surface area contributed by atoms with E-state index in [0.29, 0.717) is 11.3 Å². The van der Waals surface area contributed by atoms with Crippen molar-refractivity contribution in [3.05, 3.63) is 72.3 Å². The van der Waals surface area contributed by atoms with Gasteiger partial charge in [-0.25, -0.2) is 0 Å². The second-order valence-electron chi connectivity index (χ2n) is 5.82. The highest BCUT2D eigenvalue weighted by molar-refractivity contribution is 6.68. The van der Waals surface area contributed by atoms with E-state index >= 15 is 0 Å². The average molecular weight is 424 g/mol.